The molecule has 2 N–H and O–H groups in total. The summed E-state index contributed by atoms with van der Waals surface area (Å²) in [6.07, 6.45) is 0.0139. The minimum absolute atomic E-state index is 0.0139. The maximum Gasteiger partial charge on any atom is 0.133 e. The molecule has 0 saturated heterocycles. The molecule has 8 heavy (non-hydrogen) atoms. The number of hydrogen-bond acceptors (Lipinski definition) is 4. The van der Waals surface area contributed by atoms with E-state index in [0.29, 0.717) is 0 Å². The van der Waals surface area contributed by atoms with E-state index in [1.54, 1.807) is 6.07 Å². The van der Waals surface area contributed by atoms with Crippen LogP contribution in [0, 0.1) is 11.3 Å². The number of hydrogen-bond donors (Lipinski definition) is 2. The summed E-state index contributed by atoms with van der Waals surface area (Å²) in [6.45, 7) is 0. The summed E-state index contributed by atoms with van der Waals surface area (Å²) >= 11 is 4.25. The van der Waals surface area contributed by atoms with E-state index in [-0.39, 0.29) is 12.3 Å². The molecule has 0 bridgehead atoms. The van der Waals surface area contributed by atoms with E-state index < -0.39 is 0 Å². The van der Waals surface area contributed by atoms with Crippen molar-refractivity contribution >= 4 is 18.7 Å². The number of nitrogens with zero attached hydrogens (tertiary/aromatic N) is 2. The summed E-state index contributed by atoms with van der Waals surface area (Å²) in [6, 6.07) is 1.75. The van der Waals surface area contributed by atoms with Crippen molar-refractivity contribution in [1.29, 1.82) is 5.26 Å². The second kappa shape index (κ2) is 4.27. The van der Waals surface area contributed by atoms with E-state index in [1.165, 1.54) is 0 Å². The van der Waals surface area contributed by atoms with Crippen LogP contribution in [0.4, 0.5) is 0 Å². The van der Waals surface area contributed by atoms with Crippen molar-refractivity contribution in [3.8, 4) is 6.07 Å². The van der Waals surface area contributed by atoms with Crippen LogP contribution in [0.15, 0.2) is 5.16 Å². The highest BCUT2D eigenvalue weighted by atomic mass is 32.1. The third kappa shape index (κ3) is 2.31. The lowest BCUT2D eigenvalue weighted by Gasteiger charge is -2.05. The van der Waals surface area contributed by atoms with Crippen molar-refractivity contribution in [2.45, 2.75) is 6.42 Å². The largest absolute Gasteiger partial charge is 0.669 e. The van der Waals surface area contributed by atoms with Gasteiger partial charge < -0.3 is 22.7 Å². The number of nitriles is 1. The maximum atomic E-state index is 7.97. The van der Waals surface area contributed by atoms with E-state index in [0.717, 1.165) is 0 Å². The second-order valence-corrected chi connectivity index (χ2v) is 1.19. The molecule has 0 aromatic rings. The first kappa shape index (κ1) is 7.11. The van der Waals surface area contributed by atoms with Gasteiger partial charge in [-0.25, -0.2) is 0 Å². The van der Waals surface area contributed by atoms with E-state index in [4.69, 9.17) is 10.5 Å². The molecule has 0 spiro atoms. The van der Waals surface area contributed by atoms with Gasteiger partial charge in [-0.1, -0.05) is 5.16 Å². The van der Waals surface area contributed by atoms with Crippen molar-refractivity contribution in [2.24, 2.45) is 5.16 Å². The van der Waals surface area contributed by atoms with E-state index in [2.05, 4.69) is 22.7 Å². The van der Waals surface area contributed by atoms with Gasteiger partial charge in [0.2, 0.25) is 0 Å². The molecular formula is C3H4N3OS-. The van der Waals surface area contributed by atoms with Gasteiger partial charge in [-0.2, -0.15) is 5.26 Å². The van der Waals surface area contributed by atoms with Crippen molar-refractivity contribution in [3.05, 3.63) is 0 Å². The molecule has 0 aliphatic heterocycles. The molecule has 4 nitrogen and oxygen atoms in total. The standard InChI is InChI=1S/C3H4N3OS/c4-2-1-3(5-7)6-8/h1H2,(H2-,5,6,7,8)/q-1. The summed E-state index contributed by atoms with van der Waals surface area (Å²) in [5.41, 5.74) is 0. The zero-order valence-electron chi connectivity index (χ0n) is 3.96. The van der Waals surface area contributed by atoms with Crippen LogP contribution in [0.25, 0.3) is 0 Å². The lowest BCUT2D eigenvalue weighted by atomic mass is 10.4. The molecule has 0 amide bonds. The van der Waals surface area contributed by atoms with E-state index >= 15 is 0 Å². The van der Waals surface area contributed by atoms with Crippen LogP contribution in [-0.2, 0) is 12.8 Å². The monoisotopic (exact) mass is 130 g/mol. The molecule has 0 aromatic heterocycles. The Morgan fingerprint density at radius 2 is 2.62 bits per heavy atom. The first-order valence-electron chi connectivity index (χ1n) is 1.81. The smallest absolute Gasteiger partial charge is 0.133 e. The Morgan fingerprint density at radius 1 is 2.00 bits per heavy atom. The number of rotatable bonds is 1. The zero-order valence-corrected chi connectivity index (χ0v) is 4.77. The zero-order chi connectivity index (χ0) is 6.41. The summed E-state index contributed by atoms with van der Waals surface area (Å²) in [5, 5.41) is 18.6. The molecule has 0 saturated carbocycles. The second-order valence-electron chi connectivity index (χ2n) is 0.984. The summed E-state index contributed by atoms with van der Waals surface area (Å²) in [7, 11) is 0. The van der Waals surface area contributed by atoms with E-state index in [9.17, 15) is 0 Å². The molecule has 5 heteroatoms. The van der Waals surface area contributed by atoms with Crippen LogP contribution >= 0.6 is 0 Å². The van der Waals surface area contributed by atoms with Crippen LogP contribution in [0.2, 0.25) is 0 Å². The van der Waals surface area contributed by atoms with Crippen molar-refractivity contribution < 1.29 is 5.21 Å². The fourth-order valence-electron chi connectivity index (χ4n) is 0.167. The van der Waals surface area contributed by atoms with Gasteiger partial charge in [0.1, 0.15) is 5.84 Å². The Morgan fingerprint density at radius 3 is 2.75 bits per heavy atom. The minimum atomic E-state index is 0.0139. The molecule has 0 rings (SSSR count). The Balaban J connectivity index is 3.59. The molecule has 44 valence electrons. The first-order valence-corrected chi connectivity index (χ1v) is 2.22. The molecule has 0 unspecified atom stereocenters. The summed E-state index contributed by atoms with van der Waals surface area (Å²) < 4.78 is 2.11. The van der Waals surface area contributed by atoms with Gasteiger partial charge in [-0.3, -0.25) is 0 Å². The number of oxime groups is 1. The third-order valence-corrected chi connectivity index (χ3v) is 0.721. The molecule has 0 heterocycles. The number of nitrogens with one attached hydrogen (secondary N) is 1. The predicted molar refractivity (Wildman–Crippen MR) is 30.0 cm³/mol. The van der Waals surface area contributed by atoms with Gasteiger partial charge in [0.15, 0.2) is 0 Å². The molecular weight excluding hydrogens is 126 g/mol. The average molecular weight is 130 g/mol. The van der Waals surface area contributed by atoms with Crippen LogP contribution < -0.4 is 4.72 Å². The van der Waals surface area contributed by atoms with Gasteiger partial charge in [-0.15, -0.1) is 0 Å². The van der Waals surface area contributed by atoms with Gasteiger partial charge in [0.05, 0.1) is 12.5 Å². The highest BCUT2D eigenvalue weighted by Crippen LogP contribution is 1.75. The molecule has 0 aliphatic rings. The molecule has 0 aliphatic carbocycles. The van der Waals surface area contributed by atoms with Crippen LogP contribution in [0.5, 0.6) is 0 Å². The fourth-order valence-corrected chi connectivity index (χ4v) is 0.280. The Bertz CT molecular complexity index is 127. The summed E-state index contributed by atoms with van der Waals surface area (Å²) in [5.74, 6) is 0.0995. The maximum absolute atomic E-state index is 7.97. The van der Waals surface area contributed by atoms with Crippen LogP contribution in [0.3, 0.4) is 0 Å². The van der Waals surface area contributed by atoms with Crippen molar-refractivity contribution in [3.63, 3.8) is 0 Å². The topological polar surface area (TPSA) is 68.4 Å². The Hall–Kier alpha value is -0.890. The van der Waals surface area contributed by atoms with Gasteiger partial charge in [0, 0.05) is 0 Å². The lowest BCUT2D eigenvalue weighted by molar-refractivity contribution is 0.317. The van der Waals surface area contributed by atoms with Crippen LogP contribution in [0.1, 0.15) is 6.42 Å². The normalized spacial score (nSPS) is 10.2. The van der Waals surface area contributed by atoms with Gasteiger partial charge in [0.25, 0.3) is 0 Å². The van der Waals surface area contributed by atoms with Crippen LogP contribution in [-0.4, -0.2) is 11.0 Å². The third-order valence-electron chi connectivity index (χ3n) is 0.485. The SMILES string of the molecule is N#CCC(=NO)N[S-]. The van der Waals surface area contributed by atoms with Crippen molar-refractivity contribution in [2.75, 3.05) is 0 Å². The first-order chi connectivity index (χ1) is 3.85. The predicted octanol–water partition coefficient (Wildman–Crippen LogP) is -0.261. The van der Waals surface area contributed by atoms with E-state index in [1.807, 2.05) is 0 Å². The lowest BCUT2D eigenvalue weighted by Crippen LogP contribution is -2.15. The number of amidine groups is 1. The Kier molecular flexibility index (Phi) is 3.80. The average Bonchev–Trinajstić information content (AvgIpc) is 1.83. The molecule has 0 radical (unpaired) electrons. The van der Waals surface area contributed by atoms with Gasteiger partial charge >= 0.3 is 0 Å². The molecule has 0 fully saturated rings. The minimum Gasteiger partial charge on any atom is -0.669 e. The van der Waals surface area contributed by atoms with Crippen molar-refractivity contribution in [1.82, 2.24) is 4.72 Å². The molecule has 0 atom stereocenters. The Labute approximate surface area is 52.3 Å². The molecule has 0 aromatic carbocycles. The summed E-state index contributed by atoms with van der Waals surface area (Å²) in [4.78, 5) is 0. The quantitative estimate of drug-likeness (QED) is 0.169. The highest BCUT2D eigenvalue weighted by molar-refractivity contribution is 7.57. The highest BCUT2D eigenvalue weighted by Gasteiger charge is 1.86. The fraction of sp³-hybridized carbons (Fsp3) is 0.333. The van der Waals surface area contributed by atoms with Gasteiger partial charge in [-0.05, 0) is 0 Å².